The second-order valence-electron chi connectivity index (χ2n) is 4.94. The number of nitrogens with one attached hydrogen (secondary N) is 1. The lowest BCUT2D eigenvalue weighted by atomic mass is 10.1. The van der Waals surface area contributed by atoms with Gasteiger partial charge in [0, 0.05) is 5.56 Å². The standard InChI is InChI=1S/C18H16N2O2S/c1-2-22-16-11-7-6-8-13(16)12-15-17(21)20(18(23)19-15)14-9-4-3-5-10-14/h3-12H,2H2,1H3,(H,19,23)/b15-12-. The number of carbonyl (C=O) groups excluding carboxylic acids is 1. The number of ether oxygens (including phenoxy) is 1. The van der Waals surface area contributed by atoms with E-state index in [4.69, 9.17) is 17.0 Å². The lowest BCUT2D eigenvalue weighted by Gasteiger charge is -2.13. The fourth-order valence-corrected chi connectivity index (χ4v) is 2.69. The molecular weight excluding hydrogens is 308 g/mol. The van der Waals surface area contributed by atoms with Crippen LogP contribution in [0.2, 0.25) is 0 Å². The van der Waals surface area contributed by atoms with Crippen molar-refractivity contribution < 1.29 is 9.53 Å². The van der Waals surface area contributed by atoms with E-state index in [1.165, 1.54) is 4.90 Å². The van der Waals surface area contributed by atoms with Crippen LogP contribution < -0.4 is 15.0 Å². The number of hydrogen-bond acceptors (Lipinski definition) is 3. The Morgan fingerprint density at radius 2 is 1.83 bits per heavy atom. The summed E-state index contributed by atoms with van der Waals surface area (Å²) in [5.74, 6) is 0.564. The molecule has 2 aromatic rings. The highest BCUT2D eigenvalue weighted by Gasteiger charge is 2.31. The van der Waals surface area contributed by atoms with E-state index in [1.807, 2.05) is 61.5 Å². The first kappa shape index (κ1) is 15.2. The summed E-state index contributed by atoms with van der Waals surface area (Å²) >= 11 is 5.30. The van der Waals surface area contributed by atoms with Crippen molar-refractivity contribution in [3.05, 3.63) is 65.9 Å². The van der Waals surface area contributed by atoms with Crippen molar-refractivity contribution in [2.45, 2.75) is 6.92 Å². The highest BCUT2D eigenvalue weighted by Crippen LogP contribution is 2.25. The van der Waals surface area contributed by atoms with Gasteiger partial charge in [-0.25, -0.2) is 0 Å². The summed E-state index contributed by atoms with van der Waals surface area (Å²) in [5, 5.41) is 3.36. The number of amides is 1. The molecule has 0 aromatic heterocycles. The van der Waals surface area contributed by atoms with E-state index in [1.54, 1.807) is 6.08 Å². The largest absolute Gasteiger partial charge is 0.493 e. The molecule has 116 valence electrons. The Bertz CT molecular complexity index is 772. The molecule has 4 nitrogen and oxygen atoms in total. The fraction of sp³-hybridized carbons (Fsp3) is 0.111. The van der Waals surface area contributed by atoms with Gasteiger partial charge in [-0.1, -0.05) is 36.4 Å². The second-order valence-corrected chi connectivity index (χ2v) is 5.32. The predicted octanol–water partition coefficient (Wildman–Crippen LogP) is 3.35. The van der Waals surface area contributed by atoms with Crippen LogP contribution in [0.4, 0.5) is 5.69 Å². The topological polar surface area (TPSA) is 41.6 Å². The lowest BCUT2D eigenvalue weighted by Crippen LogP contribution is -2.30. The quantitative estimate of drug-likeness (QED) is 0.692. The average Bonchev–Trinajstić information content (AvgIpc) is 2.84. The Kier molecular flexibility index (Phi) is 4.39. The van der Waals surface area contributed by atoms with Crippen LogP contribution in [0.3, 0.4) is 0 Å². The monoisotopic (exact) mass is 324 g/mol. The summed E-state index contributed by atoms with van der Waals surface area (Å²) in [7, 11) is 0. The van der Waals surface area contributed by atoms with Crippen molar-refractivity contribution in [2.24, 2.45) is 0 Å². The molecule has 0 atom stereocenters. The average molecular weight is 324 g/mol. The Labute approximate surface area is 140 Å². The van der Waals surface area contributed by atoms with Crippen LogP contribution in [0.15, 0.2) is 60.3 Å². The number of rotatable bonds is 4. The van der Waals surface area contributed by atoms with Crippen LogP contribution in [0, 0.1) is 0 Å². The highest BCUT2D eigenvalue weighted by molar-refractivity contribution is 7.80. The number of thiocarbonyl (C=S) groups is 1. The van der Waals surface area contributed by atoms with Gasteiger partial charge in [0.05, 0.1) is 12.3 Å². The molecule has 1 saturated heterocycles. The third-order valence-corrected chi connectivity index (χ3v) is 3.70. The first-order chi connectivity index (χ1) is 11.2. The van der Waals surface area contributed by atoms with E-state index in [0.717, 1.165) is 17.0 Å². The molecular formula is C18H16N2O2S. The Morgan fingerprint density at radius 3 is 2.57 bits per heavy atom. The molecule has 1 fully saturated rings. The van der Waals surface area contributed by atoms with Crippen LogP contribution in [0.25, 0.3) is 6.08 Å². The van der Waals surface area contributed by atoms with Gasteiger partial charge in [0.1, 0.15) is 11.4 Å². The zero-order chi connectivity index (χ0) is 16.2. The molecule has 1 N–H and O–H groups in total. The van der Waals surface area contributed by atoms with Gasteiger partial charge in [-0.3, -0.25) is 9.69 Å². The van der Waals surface area contributed by atoms with Gasteiger partial charge in [-0.05, 0) is 43.4 Å². The van der Waals surface area contributed by atoms with Gasteiger partial charge in [0.2, 0.25) is 0 Å². The van der Waals surface area contributed by atoms with Crippen molar-refractivity contribution in [1.82, 2.24) is 5.32 Å². The van der Waals surface area contributed by atoms with Gasteiger partial charge in [0.25, 0.3) is 5.91 Å². The van der Waals surface area contributed by atoms with E-state index in [2.05, 4.69) is 5.32 Å². The molecule has 0 saturated carbocycles. The minimum Gasteiger partial charge on any atom is -0.493 e. The van der Waals surface area contributed by atoms with Gasteiger partial charge in [-0.15, -0.1) is 0 Å². The van der Waals surface area contributed by atoms with Crippen LogP contribution >= 0.6 is 12.2 Å². The highest BCUT2D eigenvalue weighted by atomic mass is 32.1. The van der Waals surface area contributed by atoms with E-state index in [0.29, 0.717) is 17.4 Å². The molecule has 0 spiro atoms. The predicted molar refractivity (Wildman–Crippen MR) is 95.2 cm³/mol. The van der Waals surface area contributed by atoms with Crippen molar-refractivity contribution in [3.63, 3.8) is 0 Å². The number of para-hydroxylation sites is 2. The van der Waals surface area contributed by atoms with Crippen molar-refractivity contribution >= 4 is 35.0 Å². The van der Waals surface area contributed by atoms with Crippen molar-refractivity contribution in [2.75, 3.05) is 11.5 Å². The summed E-state index contributed by atoms with van der Waals surface area (Å²) < 4.78 is 5.59. The van der Waals surface area contributed by atoms with Crippen molar-refractivity contribution in [1.29, 1.82) is 0 Å². The molecule has 1 aliphatic heterocycles. The second kappa shape index (κ2) is 6.62. The normalized spacial score (nSPS) is 15.9. The first-order valence-electron chi connectivity index (χ1n) is 7.34. The summed E-state index contributed by atoms with van der Waals surface area (Å²) in [6.45, 7) is 2.49. The molecule has 0 aliphatic carbocycles. The number of nitrogens with zero attached hydrogens (tertiary/aromatic N) is 1. The molecule has 1 heterocycles. The van der Waals surface area contributed by atoms with Crippen LogP contribution in [0.1, 0.15) is 12.5 Å². The maximum atomic E-state index is 12.7. The molecule has 0 unspecified atom stereocenters. The summed E-state index contributed by atoms with van der Waals surface area (Å²) in [6.07, 6.45) is 1.77. The molecule has 1 aliphatic rings. The van der Waals surface area contributed by atoms with Crippen LogP contribution in [-0.4, -0.2) is 17.6 Å². The maximum Gasteiger partial charge on any atom is 0.281 e. The summed E-state index contributed by atoms with van der Waals surface area (Å²) in [5.41, 5.74) is 2.02. The zero-order valence-electron chi connectivity index (χ0n) is 12.7. The van der Waals surface area contributed by atoms with E-state index in [-0.39, 0.29) is 5.91 Å². The number of benzene rings is 2. The maximum absolute atomic E-state index is 12.7. The molecule has 5 heteroatoms. The summed E-state index contributed by atoms with van der Waals surface area (Å²) in [4.78, 5) is 14.1. The fourth-order valence-electron chi connectivity index (χ4n) is 2.39. The zero-order valence-corrected chi connectivity index (χ0v) is 13.5. The van der Waals surface area contributed by atoms with Crippen molar-refractivity contribution in [3.8, 4) is 5.75 Å². The van der Waals surface area contributed by atoms with Gasteiger partial charge in [-0.2, -0.15) is 0 Å². The lowest BCUT2D eigenvalue weighted by molar-refractivity contribution is -0.113. The minimum absolute atomic E-state index is 0.174. The first-order valence-corrected chi connectivity index (χ1v) is 7.75. The van der Waals surface area contributed by atoms with E-state index >= 15 is 0 Å². The van der Waals surface area contributed by atoms with E-state index < -0.39 is 0 Å². The number of carbonyl (C=O) groups is 1. The van der Waals surface area contributed by atoms with Gasteiger partial charge < -0.3 is 10.1 Å². The Balaban J connectivity index is 1.94. The molecule has 1 amide bonds. The number of hydrogen-bond donors (Lipinski definition) is 1. The molecule has 2 aromatic carbocycles. The molecule has 0 radical (unpaired) electrons. The van der Waals surface area contributed by atoms with Crippen LogP contribution in [-0.2, 0) is 4.79 Å². The molecule has 23 heavy (non-hydrogen) atoms. The third kappa shape index (κ3) is 3.10. The third-order valence-electron chi connectivity index (χ3n) is 3.41. The molecule has 3 rings (SSSR count). The van der Waals surface area contributed by atoms with E-state index in [9.17, 15) is 4.79 Å². The van der Waals surface area contributed by atoms with Gasteiger partial charge >= 0.3 is 0 Å². The van der Waals surface area contributed by atoms with Gasteiger partial charge in [0.15, 0.2) is 5.11 Å². The van der Waals surface area contributed by atoms with Crippen LogP contribution in [0.5, 0.6) is 5.75 Å². The SMILES string of the molecule is CCOc1ccccc1/C=C1\NC(=S)N(c2ccccc2)C1=O. The Hall–Kier alpha value is -2.66. The smallest absolute Gasteiger partial charge is 0.281 e. The summed E-state index contributed by atoms with van der Waals surface area (Å²) in [6, 6.07) is 16.9. The minimum atomic E-state index is -0.174. The number of anilines is 1. The molecule has 0 bridgehead atoms. The Morgan fingerprint density at radius 1 is 1.13 bits per heavy atom.